The van der Waals surface area contributed by atoms with Crippen molar-refractivity contribution in [2.24, 2.45) is 0 Å². The normalized spacial score (nSPS) is 14.0. The number of aromatic nitrogens is 2. The maximum atomic E-state index is 13.4. The van der Waals surface area contributed by atoms with Gasteiger partial charge in [0, 0.05) is 37.9 Å². The molecule has 2 heterocycles. The van der Waals surface area contributed by atoms with E-state index in [4.69, 9.17) is 0 Å². The molecule has 1 aromatic heterocycles. The number of hydrogen-bond acceptors (Lipinski definition) is 5. The molecule has 1 saturated heterocycles. The number of nitrogens with one attached hydrogen (secondary N) is 3. The van der Waals surface area contributed by atoms with Crippen molar-refractivity contribution in [2.45, 2.75) is 19.0 Å². The van der Waals surface area contributed by atoms with Crippen LogP contribution in [0.1, 0.15) is 18.4 Å². The van der Waals surface area contributed by atoms with Gasteiger partial charge < -0.3 is 20.9 Å². The summed E-state index contributed by atoms with van der Waals surface area (Å²) in [5, 5.41) is 7.71. The molecule has 0 aliphatic carbocycles. The first kappa shape index (κ1) is 20.6. The van der Waals surface area contributed by atoms with Crippen molar-refractivity contribution in [3.8, 4) is 0 Å². The summed E-state index contributed by atoms with van der Waals surface area (Å²) in [6, 6.07) is 2.92. The van der Waals surface area contributed by atoms with Crippen LogP contribution in [0, 0.1) is 5.82 Å². The monoisotopic (exact) mass is 412 g/mol. The summed E-state index contributed by atoms with van der Waals surface area (Å²) in [6.07, 6.45) is -0.994. The van der Waals surface area contributed by atoms with Gasteiger partial charge in [-0.3, -0.25) is 0 Å². The fraction of sp³-hybridized carbons (Fsp3) is 0.389. The van der Waals surface area contributed by atoms with Crippen LogP contribution in [0.5, 0.6) is 0 Å². The standard InChI is InChI=1S/C18H20F4N6O/c19-13-7-12(18(20,21)22)8-14(9-13)27-17(29)24-4-3-23-15-10-16(26-11-25-15)28-5-1-2-6-28/h7-11H,1-6H2,(H,23,25,26)(H2,24,27,29). The molecule has 156 valence electrons. The molecular weight excluding hydrogens is 392 g/mol. The Kier molecular flexibility index (Phi) is 6.35. The molecule has 0 spiro atoms. The topological polar surface area (TPSA) is 82.2 Å². The number of urea groups is 1. The number of alkyl halides is 3. The first-order valence-electron chi connectivity index (χ1n) is 9.05. The van der Waals surface area contributed by atoms with Crippen LogP contribution in [-0.4, -0.2) is 42.2 Å². The van der Waals surface area contributed by atoms with E-state index in [1.54, 1.807) is 0 Å². The lowest BCUT2D eigenvalue weighted by Crippen LogP contribution is -2.32. The lowest BCUT2D eigenvalue weighted by Gasteiger charge is -2.16. The number of carbonyl (C=O) groups excluding carboxylic acids is 1. The third-order valence-electron chi connectivity index (χ3n) is 4.28. The zero-order valence-corrected chi connectivity index (χ0v) is 15.4. The van der Waals surface area contributed by atoms with Gasteiger partial charge in [0.2, 0.25) is 0 Å². The van der Waals surface area contributed by atoms with Crippen LogP contribution in [-0.2, 0) is 6.18 Å². The van der Waals surface area contributed by atoms with Crippen LogP contribution in [0.25, 0.3) is 0 Å². The summed E-state index contributed by atoms with van der Waals surface area (Å²) < 4.78 is 51.5. The molecule has 1 aliphatic heterocycles. The predicted octanol–water partition coefficient (Wildman–Crippen LogP) is 3.47. The number of benzene rings is 1. The molecule has 0 unspecified atom stereocenters. The molecule has 1 aliphatic rings. The second kappa shape index (κ2) is 8.93. The van der Waals surface area contributed by atoms with Gasteiger partial charge in [0.1, 0.15) is 23.8 Å². The zero-order chi connectivity index (χ0) is 20.9. The molecule has 0 radical (unpaired) electrons. The fourth-order valence-electron chi connectivity index (χ4n) is 2.93. The van der Waals surface area contributed by atoms with E-state index in [0.29, 0.717) is 24.5 Å². The first-order valence-corrected chi connectivity index (χ1v) is 9.05. The maximum Gasteiger partial charge on any atom is 0.416 e. The summed E-state index contributed by atoms with van der Waals surface area (Å²) in [5.41, 5.74) is -1.46. The van der Waals surface area contributed by atoms with Gasteiger partial charge in [-0.15, -0.1) is 0 Å². The Morgan fingerprint density at radius 3 is 2.55 bits per heavy atom. The number of hydrogen-bond donors (Lipinski definition) is 3. The number of rotatable bonds is 6. The second-order valence-corrected chi connectivity index (χ2v) is 6.49. The van der Waals surface area contributed by atoms with Gasteiger partial charge in [-0.1, -0.05) is 0 Å². The average molecular weight is 412 g/mol. The van der Waals surface area contributed by atoms with Crippen LogP contribution in [0.3, 0.4) is 0 Å². The van der Waals surface area contributed by atoms with Crippen molar-refractivity contribution >= 4 is 23.4 Å². The SMILES string of the molecule is O=C(NCCNc1cc(N2CCCC2)ncn1)Nc1cc(F)cc(C(F)(F)F)c1. The number of carbonyl (C=O) groups is 1. The van der Waals surface area contributed by atoms with Crippen molar-refractivity contribution in [1.82, 2.24) is 15.3 Å². The van der Waals surface area contributed by atoms with Crippen LogP contribution < -0.4 is 20.9 Å². The van der Waals surface area contributed by atoms with Gasteiger partial charge in [-0.05, 0) is 31.0 Å². The van der Waals surface area contributed by atoms with Gasteiger partial charge in [-0.2, -0.15) is 13.2 Å². The third-order valence-corrected chi connectivity index (χ3v) is 4.28. The largest absolute Gasteiger partial charge is 0.416 e. The quantitative estimate of drug-likeness (QED) is 0.500. The van der Waals surface area contributed by atoms with Crippen LogP contribution in [0.15, 0.2) is 30.6 Å². The number of nitrogens with zero attached hydrogens (tertiary/aromatic N) is 3. The lowest BCUT2D eigenvalue weighted by molar-refractivity contribution is -0.137. The van der Waals surface area contributed by atoms with Gasteiger partial charge in [-0.25, -0.2) is 19.2 Å². The van der Waals surface area contributed by atoms with E-state index in [1.807, 2.05) is 6.07 Å². The minimum Gasteiger partial charge on any atom is -0.368 e. The molecule has 0 bridgehead atoms. The highest BCUT2D eigenvalue weighted by Crippen LogP contribution is 2.31. The summed E-state index contributed by atoms with van der Waals surface area (Å²) in [7, 11) is 0. The number of anilines is 3. The smallest absolute Gasteiger partial charge is 0.368 e. The Labute approximate surface area is 164 Å². The van der Waals surface area contributed by atoms with Crippen molar-refractivity contribution in [3.05, 3.63) is 42.0 Å². The zero-order valence-electron chi connectivity index (χ0n) is 15.4. The Morgan fingerprint density at radius 1 is 1.07 bits per heavy atom. The highest BCUT2D eigenvalue weighted by molar-refractivity contribution is 5.89. The van der Waals surface area contributed by atoms with Crippen molar-refractivity contribution in [1.29, 1.82) is 0 Å². The van der Waals surface area contributed by atoms with E-state index in [0.717, 1.165) is 37.8 Å². The molecule has 7 nitrogen and oxygen atoms in total. The fourth-order valence-corrected chi connectivity index (χ4v) is 2.93. The predicted molar refractivity (Wildman–Crippen MR) is 100 cm³/mol. The van der Waals surface area contributed by atoms with E-state index in [2.05, 4.69) is 30.8 Å². The minimum absolute atomic E-state index is 0.177. The maximum absolute atomic E-state index is 13.4. The van der Waals surface area contributed by atoms with Crippen molar-refractivity contribution < 1.29 is 22.4 Å². The number of amides is 2. The van der Waals surface area contributed by atoms with Gasteiger partial charge in [0.25, 0.3) is 0 Å². The lowest BCUT2D eigenvalue weighted by atomic mass is 10.2. The van der Waals surface area contributed by atoms with E-state index < -0.39 is 23.6 Å². The van der Waals surface area contributed by atoms with Gasteiger partial charge in [0.05, 0.1) is 5.56 Å². The van der Waals surface area contributed by atoms with Crippen LogP contribution in [0.4, 0.5) is 39.7 Å². The van der Waals surface area contributed by atoms with Crippen LogP contribution in [0.2, 0.25) is 0 Å². The Balaban J connectivity index is 1.46. The minimum atomic E-state index is -4.70. The highest BCUT2D eigenvalue weighted by atomic mass is 19.4. The van der Waals surface area contributed by atoms with Crippen molar-refractivity contribution in [3.63, 3.8) is 0 Å². The molecule has 2 amide bonds. The van der Waals surface area contributed by atoms with E-state index >= 15 is 0 Å². The van der Waals surface area contributed by atoms with E-state index in [1.165, 1.54) is 6.33 Å². The Morgan fingerprint density at radius 2 is 1.83 bits per heavy atom. The molecule has 3 rings (SSSR count). The molecule has 1 aromatic carbocycles. The third kappa shape index (κ3) is 5.93. The van der Waals surface area contributed by atoms with E-state index in [9.17, 15) is 22.4 Å². The molecule has 2 aromatic rings. The highest BCUT2D eigenvalue weighted by Gasteiger charge is 2.31. The van der Waals surface area contributed by atoms with Gasteiger partial charge in [0.15, 0.2) is 0 Å². The molecule has 1 fully saturated rings. The Bertz CT molecular complexity index is 854. The average Bonchev–Trinajstić information content (AvgIpc) is 3.19. The summed E-state index contributed by atoms with van der Waals surface area (Å²) in [4.78, 5) is 22.4. The summed E-state index contributed by atoms with van der Waals surface area (Å²) in [5.74, 6) is 0.343. The van der Waals surface area contributed by atoms with Crippen molar-refractivity contribution in [2.75, 3.05) is 41.7 Å². The first-order chi connectivity index (χ1) is 13.8. The molecule has 0 atom stereocenters. The molecule has 29 heavy (non-hydrogen) atoms. The summed E-state index contributed by atoms with van der Waals surface area (Å²) in [6.45, 7) is 2.42. The molecule has 11 heteroatoms. The molecule has 3 N–H and O–H groups in total. The van der Waals surface area contributed by atoms with E-state index in [-0.39, 0.29) is 12.2 Å². The van der Waals surface area contributed by atoms with Crippen LogP contribution >= 0.6 is 0 Å². The molecule has 0 saturated carbocycles. The molecular formula is C18H20F4N6O. The number of halogens is 4. The Hall–Kier alpha value is -3.11. The second-order valence-electron chi connectivity index (χ2n) is 6.49. The van der Waals surface area contributed by atoms with Gasteiger partial charge >= 0.3 is 12.2 Å². The summed E-state index contributed by atoms with van der Waals surface area (Å²) >= 11 is 0.